The molecule has 0 aliphatic rings. The summed E-state index contributed by atoms with van der Waals surface area (Å²) in [4.78, 5) is 32.4. The number of hydrogen-bond donors (Lipinski definition) is 0. The van der Waals surface area contributed by atoms with Gasteiger partial charge in [0, 0.05) is 123 Å². The molecule has 0 aliphatic heterocycles. The first-order valence-electron chi connectivity index (χ1n) is 49.7. The fourth-order valence-electron chi connectivity index (χ4n) is 22.9. The predicted molar refractivity (Wildman–Crippen MR) is 609 cm³/mol. The molecule has 150 heavy (non-hydrogen) atoms. The molecular formula is C135H75N9O6. The van der Waals surface area contributed by atoms with Gasteiger partial charge in [0.1, 0.15) is 67.0 Å². The second-order valence-corrected chi connectivity index (χ2v) is 38.0. The van der Waals surface area contributed by atoms with Gasteiger partial charge in [-0.3, -0.25) is 9.97 Å². The highest BCUT2D eigenvalue weighted by molar-refractivity contribution is 6.33. The van der Waals surface area contributed by atoms with Gasteiger partial charge in [0.2, 0.25) is 0 Å². The number of para-hydroxylation sites is 8. The third-order valence-corrected chi connectivity index (χ3v) is 29.6. The first-order chi connectivity index (χ1) is 74.2. The van der Waals surface area contributed by atoms with Crippen LogP contribution in [0.3, 0.4) is 0 Å². The quantitative estimate of drug-likeness (QED) is 0.120. The second kappa shape index (κ2) is 33.9. The standard InChI is InChI=1S/2C46H25N3O2.C43H25N3O2/c1-47-30-19-22-38-35(26-30)34-25-28(18-21-37(34)49(38)31-12-3-2-4-13-31)27-10-9-11-29(24-27)45-43-33-15-6-8-17-40(33)51-46(43)44-36(48-45)20-23-41-42(44)32-14-5-7-16-39(32)50-41;1-47-30-20-23-38-35(26-30)34-25-29(19-22-37(34)49(38)31-9-3-2-4-10-31)27-15-17-28(18-16-27)45-43-33-12-6-8-14-40(33)51-46(43)44-36(48-45)21-24-41-42(44)32-11-5-7-13-39(32)50-41;1-3-14-36-33(12-1)39-38(47-36)17-16-35-41(39)43-40(34-13-2-4-15-37(34)48-43)42(46-35)27-9-5-8-26(20-27)30-21-31(28-10-6-18-44-24-28)23-32(22-30)29-11-7-19-45-25-29/h2*2-26H;1-25H. The van der Waals surface area contributed by atoms with Gasteiger partial charge in [0.05, 0.1) is 101 Å². The van der Waals surface area contributed by atoms with Crippen LogP contribution in [-0.2, 0) is 0 Å². The summed E-state index contributed by atoms with van der Waals surface area (Å²) in [6.07, 6.45) is 7.41. The highest BCUT2D eigenvalue weighted by Gasteiger charge is 2.29. The van der Waals surface area contributed by atoms with Crippen LogP contribution >= 0.6 is 0 Å². The average Bonchev–Trinajstić information content (AvgIpc) is 1.55. The number of furan rings is 6. The monoisotopic (exact) mass is 1920 g/mol. The molecular weight excluding hydrogens is 1840 g/mol. The van der Waals surface area contributed by atoms with E-state index in [4.69, 9.17) is 54.6 Å². The summed E-state index contributed by atoms with van der Waals surface area (Å²) in [6.45, 7) is 15.4. The number of nitrogens with zero attached hydrogens (tertiary/aromatic N) is 9. The van der Waals surface area contributed by atoms with Crippen LogP contribution in [-0.4, -0.2) is 34.1 Å². The zero-order valence-corrected chi connectivity index (χ0v) is 79.8. The lowest BCUT2D eigenvalue weighted by molar-refractivity contribution is 0.667. The maximum absolute atomic E-state index is 7.69. The minimum Gasteiger partial charge on any atom is -0.456 e. The van der Waals surface area contributed by atoms with E-state index in [1.807, 2.05) is 194 Å². The summed E-state index contributed by atoms with van der Waals surface area (Å²) in [5.74, 6) is 0. The zero-order valence-electron chi connectivity index (χ0n) is 79.8. The molecule has 0 bridgehead atoms. The van der Waals surface area contributed by atoms with E-state index in [0.717, 1.165) is 309 Å². The second-order valence-electron chi connectivity index (χ2n) is 38.0. The minimum absolute atomic E-state index is 0.626. The number of fused-ring (bicyclic) bond motifs is 33. The van der Waals surface area contributed by atoms with E-state index in [1.54, 1.807) is 12.4 Å². The Morgan fingerprint density at radius 3 is 0.847 bits per heavy atom. The maximum Gasteiger partial charge on any atom is 0.188 e. The fraction of sp³-hybridized carbons (Fsp3) is 0. The smallest absolute Gasteiger partial charge is 0.188 e. The topological polar surface area (TPSA) is 162 Å². The lowest BCUT2D eigenvalue weighted by atomic mass is 9.93. The van der Waals surface area contributed by atoms with Crippen molar-refractivity contribution in [3.63, 3.8) is 0 Å². The molecule has 32 aromatic rings. The highest BCUT2D eigenvalue weighted by Crippen LogP contribution is 2.52. The molecule has 13 heterocycles. The molecule has 0 aliphatic carbocycles. The molecule has 19 aromatic carbocycles. The summed E-state index contributed by atoms with van der Waals surface area (Å²) < 4.78 is 43.4. The first-order valence-corrected chi connectivity index (χ1v) is 49.7. The third-order valence-electron chi connectivity index (χ3n) is 29.6. The van der Waals surface area contributed by atoms with Gasteiger partial charge < -0.3 is 35.6 Å². The molecule has 0 atom stereocenters. The SMILES string of the molecule is [C-]#[N+]c1ccc2c(c1)c1cc(-c3ccc(-c4nc5ccc6oc7ccccc7c6c5c5oc6ccccc6c45)cc3)ccc1n2-c1ccccc1.[C-]#[N+]c1ccc2c(c1)c1cc(-c3cccc(-c4nc5ccc6oc7ccccc7c6c5c5oc6ccccc6c45)c3)ccc1n2-c1ccccc1.c1cncc(-c2cc(-c3cccnc3)cc(-c3cccc(-c4nc5ccc6oc7ccccc7c6c5c5oc6ccccc6c45)c3)c2)c1. The van der Waals surface area contributed by atoms with E-state index in [1.165, 1.54) is 0 Å². The Labute approximate surface area is 853 Å². The predicted octanol–water partition coefficient (Wildman–Crippen LogP) is 37.5. The number of benzene rings is 19. The molecule has 0 N–H and O–H groups in total. The highest BCUT2D eigenvalue weighted by atomic mass is 16.4. The lowest BCUT2D eigenvalue weighted by Gasteiger charge is -2.13. The van der Waals surface area contributed by atoms with Gasteiger partial charge >= 0.3 is 0 Å². The number of aromatic nitrogens is 7. The number of rotatable bonds is 10. The van der Waals surface area contributed by atoms with E-state index >= 15 is 0 Å². The van der Waals surface area contributed by atoms with Crippen molar-refractivity contribution in [1.29, 1.82) is 0 Å². The van der Waals surface area contributed by atoms with Gasteiger partial charge in [-0.2, -0.15) is 0 Å². The van der Waals surface area contributed by atoms with Crippen LogP contribution in [0.5, 0.6) is 0 Å². The number of pyridine rings is 5. The van der Waals surface area contributed by atoms with Crippen molar-refractivity contribution >= 4 is 219 Å². The van der Waals surface area contributed by atoms with Crippen LogP contribution in [0.25, 0.3) is 318 Å². The van der Waals surface area contributed by atoms with Crippen molar-refractivity contribution in [2.45, 2.75) is 0 Å². The Morgan fingerprint density at radius 2 is 0.473 bits per heavy atom. The summed E-state index contributed by atoms with van der Waals surface area (Å²) in [6, 6.07) is 148. The van der Waals surface area contributed by atoms with Crippen molar-refractivity contribution in [3.8, 4) is 101 Å². The molecule has 15 nitrogen and oxygen atoms in total. The van der Waals surface area contributed by atoms with Crippen LogP contribution in [0, 0.1) is 13.1 Å². The molecule has 15 heteroatoms. The Hall–Kier alpha value is -20.9. The molecule has 0 amide bonds. The van der Waals surface area contributed by atoms with Gasteiger partial charge in [-0.15, -0.1) is 0 Å². The summed E-state index contributed by atoms with van der Waals surface area (Å²) >= 11 is 0. The van der Waals surface area contributed by atoms with E-state index in [-0.39, 0.29) is 0 Å². The molecule has 0 saturated carbocycles. The summed E-state index contributed by atoms with van der Waals surface area (Å²) in [7, 11) is 0. The van der Waals surface area contributed by atoms with E-state index in [2.05, 4.69) is 278 Å². The van der Waals surface area contributed by atoms with Crippen molar-refractivity contribution in [3.05, 3.63) is 478 Å². The largest absolute Gasteiger partial charge is 0.456 e. The van der Waals surface area contributed by atoms with Gasteiger partial charge in [-0.25, -0.2) is 24.6 Å². The van der Waals surface area contributed by atoms with Crippen molar-refractivity contribution in [1.82, 2.24) is 34.1 Å². The molecule has 0 spiro atoms. The molecule has 0 radical (unpaired) electrons. The molecule has 0 unspecified atom stereocenters. The van der Waals surface area contributed by atoms with Crippen LogP contribution in [0.1, 0.15) is 0 Å². The van der Waals surface area contributed by atoms with Crippen molar-refractivity contribution in [2.24, 2.45) is 0 Å². The molecule has 696 valence electrons. The first kappa shape index (κ1) is 84.7. The molecule has 0 fully saturated rings. The number of hydrogen-bond acceptors (Lipinski definition) is 11. The summed E-state index contributed by atoms with van der Waals surface area (Å²) in [5, 5.41) is 19.5. The molecule has 0 saturated heterocycles. The van der Waals surface area contributed by atoms with E-state index < -0.39 is 0 Å². The Morgan fingerprint density at radius 1 is 0.187 bits per heavy atom. The summed E-state index contributed by atoms with van der Waals surface area (Å²) in [5.41, 5.74) is 36.8. The van der Waals surface area contributed by atoms with Crippen LogP contribution in [0.2, 0.25) is 0 Å². The Balaban J connectivity index is 0.000000103. The van der Waals surface area contributed by atoms with Crippen LogP contribution in [0.15, 0.2) is 482 Å². The van der Waals surface area contributed by atoms with E-state index in [9.17, 15) is 0 Å². The van der Waals surface area contributed by atoms with Crippen LogP contribution < -0.4 is 0 Å². The van der Waals surface area contributed by atoms with Gasteiger partial charge in [-0.05, 0) is 243 Å². The average molecular weight is 1920 g/mol. The fourth-order valence-corrected chi connectivity index (χ4v) is 22.9. The van der Waals surface area contributed by atoms with Gasteiger partial charge in [-0.1, -0.05) is 243 Å². The Bertz CT molecular complexity index is 11300. The van der Waals surface area contributed by atoms with Gasteiger partial charge in [0.15, 0.2) is 11.4 Å². The molecule has 32 rings (SSSR count). The van der Waals surface area contributed by atoms with Gasteiger partial charge in [0.25, 0.3) is 0 Å². The Kier molecular flexibility index (Phi) is 19.1. The molecule has 13 aromatic heterocycles. The lowest BCUT2D eigenvalue weighted by Crippen LogP contribution is -1.93. The third kappa shape index (κ3) is 13.6. The van der Waals surface area contributed by atoms with Crippen molar-refractivity contribution < 1.29 is 26.5 Å². The minimum atomic E-state index is 0.626. The zero-order chi connectivity index (χ0) is 98.9. The van der Waals surface area contributed by atoms with Crippen LogP contribution in [0.4, 0.5) is 11.4 Å². The normalized spacial score (nSPS) is 11.9. The van der Waals surface area contributed by atoms with E-state index in [0.29, 0.717) is 11.4 Å². The van der Waals surface area contributed by atoms with Crippen molar-refractivity contribution in [2.75, 3.05) is 0 Å². The maximum atomic E-state index is 7.69.